The molecule has 1 aliphatic rings. The first kappa shape index (κ1) is 14.3. The minimum absolute atomic E-state index is 0.0376. The summed E-state index contributed by atoms with van der Waals surface area (Å²) in [6.45, 7) is 1.73. The largest absolute Gasteiger partial charge is 0.480 e. The maximum atomic E-state index is 13.2. The number of halogens is 1. The lowest BCUT2D eigenvalue weighted by atomic mass is 10.1. The van der Waals surface area contributed by atoms with Gasteiger partial charge in [-0.05, 0) is 18.2 Å². The third-order valence-electron chi connectivity index (χ3n) is 3.26. The van der Waals surface area contributed by atoms with Gasteiger partial charge in [-0.1, -0.05) is 0 Å². The molecule has 1 saturated heterocycles. The molecule has 0 spiro atoms. The Bertz CT molecular complexity index is 528. The molecule has 0 bridgehead atoms. The van der Waals surface area contributed by atoms with Crippen LogP contribution in [0.4, 0.5) is 10.1 Å². The van der Waals surface area contributed by atoms with Crippen molar-refractivity contribution in [3.63, 3.8) is 0 Å². The number of carboxylic acids is 1. The highest BCUT2D eigenvalue weighted by molar-refractivity contribution is 5.99. The van der Waals surface area contributed by atoms with E-state index in [0.29, 0.717) is 26.2 Å². The number of rotatable bonds is 3. The molecule has 1 amide bonds. The van der Waals surface area contributed by atoms with E-state index in [1.165, 1.54) is 12.1 Å². The molecular weight excluding hydrogens is 265 g/mol. The second kappa shape index (κ2) is 5.87. The number of nitrogens with two attached hydrogens (primary N) is 1. The zero-order chi connectivity index (χ0) is 14.7. The van der Waals surface area contributed by atoms with Crippen LogP contribution in [0.3, 0.4) is 0 Å². The number of hydrogen-bond donors (Lipinski definition) is 2. The lowest BCUT2D eigenvalue weighted by Crippen LogP contribution is -2.50. The minimum atomic E-state index is -0.890. The number of piperazine rings is 1. The maximum Gasteiger partial charge on any atom is 0.317 e. The van der Waals surface area contributed by atoms with Gasteiger partial charge in [0.25, 0.3) is 5.91 Å². The highest BCUT2D eigenvalue weighted by atomic mass is 19.1. The third kappa shape index (κ3) is 3.24. The molecule has 1 aliphatic heterocycles. The molecule has 1 aromatic rings. The van der Waals surface area contributed by atoms with Gasteiger partial charge in [0.05, 0.1) is 12.1 Å². The van der Waals surface area contributed by atoms with Crippen LogP contribution < -0.4 is 5.73 Å². The molecule has 1 heterocycles. The van der Waals surface area contributed by atoms with Gasteiger partial charge in [-0.2, -0.15) is 0 Å². The fraction of sp³-hybridized carbons (Fsp3) is 0.385. The Morgan fingerprint density at radius 2 is 1.90 bits per heavy atom. The fourth-order valence-electron chi connectivity index (χ4n) is 2.18. The van der Waals surface area contributed by atoms with Crippen molar-refractivity contribution in [2.45, 2.75) is 0 Å². The summed E-state index contributed by atoms with van der Waals surface area (Å²) in [6.07, 6.45) is 0. The van der Waals surface area contributed by atoms with Gasteiger partial charge in [-0.15, -0.1) is 0 Å². The molecule has 7 heteroatoms. The van der Waals surface area contributed by atoms with Gasteiger partial charge >= 0.3 is 5.97 Å². The Kier molecular flexibility index (Phi) is 4.19. The highest BCUT2D eigenvalue weighted by Gasteiger charge is 2.24. The molecule has 0 radical (unpaired) electrons. The average molecular weight is 281 g/mol. The summed E-state index contributed by atoms with van der Waals surface area (Å²) in [6, 6.07) is 3.70. The van der Waals surface area contributed by atoms with Gasteiger partial charge in [-0.3, -0.25) is 14.5 Å². The number of carbonyl (C=O) groups is 2. The normalized spacial score (nSPS) is 16.1. The van der Waals surface area contributed by atoms with E-state index in [-0.39, 0.29) is 23.7 Å². The molecule has 0 saturated carbocycles. The number of hydrogen-bond acceptors (Lipinski definition) is 4. The van der Waals surface area contributed by atoms with Crippen LogP contribution in [0.25, 0.3) is 0 Å². The van der Waals surface area contributed by atoms with Crippen molar-refractivity contribution in [2.24, 2.45) is 0 Å². The number of amides is 1. The molecule has 3 N–H and O–H groups in total. The third-order valence-corrected chi connectivity index (χ3v) is 3.26. The number of nitrogens with zero attached hydrogens (tertiary/aromatic N) is 2. The molecule has 2 rings (SSSR count). The van der Waals surface area contributed by atoms with Gasteiger partial charge in [0.1, 0.15) is 5.82 Å². The Labute approximate surface area is 115 Å². The van der Waals surface area contributed by atoms with Crippen molar-refractivity contribution in [1.29, 1.82) is 0 Å². The van der Waals surface area contributed by atoms with Gasteiger partial charge in [0.2, 0.25) is 0 Å². The van der Waals surface area contributed by atoms with Gasteiger partial charge in [0.15, 0.2) is 0 Å². The second-order valence-electron chi connectivity index (χ2n) is 4.69. The summed E-state index contributed by atoms with van der Waals surface area (Å²) in [5.74, 6) is -1.72. The fourth-order valence-corrected chi connectivity index (χ4v) is 2.18. The summed E-state index contributed by atoms with van der Waals surface area (Å²) >= 11 is 0. The molecule has 0 aliphatic carbocycles. The Balaban J connectivity index is 2.01. The van der Waals surface area contributed by atoms with Crippen LogP contribution in [0.5, 0.6) is 0 Å². The van der Waals surface area contributed by atoms with Crippen LogP contribution in [0.2, 0.25) is 0 Å². The quantitative estimate of drug-likeness (QED) is 0.776. The summed E-state index contributed by atoms with van der Waals surface area (Å²) < 4.78 is 13.2. The lowest BCUT2D eigenvalue weighted by molar-refractivity contribution is -0.138. The lowest BCUT2D eigenvalue weighted by Gasteiger charge is -2.34. The van der Waals surface area contributed by atoms with E-state index < -0.39 is 11.8 Å². The maximum absolute atomic E-state index is 13.2. The van der Waals surface area contributed by atoms with E-state index >= 15 is 0 Å². The van der Waals surface area contributed by atoms with Gasteiger partial charge in [-0.25, -0.2) is 4.39 Å². The minimum Gasteiger partial charge on any atom is -0.480 e. The predicted octanol–water partition coefficient (Wildman–Crippen LogP) is 0.250. The number of aliphatic carboxylic acids is 1. The van der Waals surface area contributed by atoms with Crippen LogP contribution >= 0.6 is 0 Å². The predicted molar refractivity (Wildman–Crippen MR) is 70.8 cm³/mol. The number of carboxylic acid groups (broad SMARTS) is 1. The topological polar surface area (TPSA) is 86.9 Å². The monoisotopic (exact) mass is 281 g/mol. The van der Waals surface area contributed by atoms with Crippen LogP contribution in [0, 0.1) is 5.82 Å². The SMILES string of the molecule is Nc1ccc(F)cc1C(=O)N1CCN(CC(=O)O)CC1. The number of benzene rings is 1. The molecule has 1 aromatic carbocycles. The Hall–Kier alpha value is -2.15. The van der Waals surface area contributed by atoms with E-state index in [2.05, 4.69) is 0 Å². The molecule has 108 valence electrons. The van der Waals surface area contributed by atoms with E-state index in [1.54, 1.807) is 9.80 Å². The first-order valence-electron chi connectivity index (χ1n) is 6.26. The van der Waals surface area contributed by atoms with Crippen LogP contribution in [-0.4, -0.2) is 59.5 Å². The first-order chi connectivity index (χ1) is 9.47. The zero-order valence-corrected chi connectivity index (χ0v) is 10.9. The van der Waals surface area contributed by atoms with Crippen molar-refractivity contribution in [1.82, 2.24) is 9.80 Å². The number of nitrogen functional groups attached to an aromatic ring is 1. The molecule has 6 nitrogen and oxygen atoms in total. The van der Waals surface area contributed by atoms with Gasteiger partial charge < -0.3 is 15.7 Å². The van der Waals surface area contributed by atoms with Gasteiger partial charge in [0, 0.05) is 31.9 Å². The molecule has 0 unspecified atom stereocenters. The molecule has 20 heavy (non-hydrogen) atoms. The number of carbonyl (C=O) groups excluding carboxylic acids is 1. The van der Waals surface area contributed by atoms with E-state index in [4.69, 9.17) is 10.8 Å². The second-order valence-corrected chi connectivity index (χ2v) is 4.69. The summed E-state index contributed by atoms with van der Waals surface area (Å²) in [7, 11) is 0. The van der Waals surface area contributed by atoms with E-state index in [9.17, 15) is 14.0 Å². The molecule has 1 fully saturated rings. The van der Waals surface area contributed by atoms with Crippen LogP contribution in [0.15, 0.2) is 18.2 Å². The average Bonchev–Trinajstić information content (AvgIpc) is 2.41. The summed E-state index contributed by atoms with van der Waals surface area (Å²) in [5.41, 5.74) is 6.08. The first-order valence-corrected chi connectivity index (χ1v) is 6.26. The standard InChI is InChI=1S/C13H16FN3O3/c14-9-1-2-11(15)10(7-9)13(20)17-5-3-16(4-6-17)8-12(18)19/h1-2,7H,3-6,8,15H2,(H,18,19). The Morgan fingerprint density at radius 1 is 1.25 bits per heavy atom. The van der Waals surface area contributed by atoms with Crippen molar-refractivity contribution >= 4 is 17.6 Å². The van der Waals surface area contributed by atoms with Crippen molar-refractivity contribution < 1.29 is 19.1 Å². The highest BCUT2D eigenvalue weighted by Crippen LogP contribution is 2.17. The smallest absolute Gasteiger partial charge is 0.317 e. The summed E-state index contributed by atoms with van der Waals surface area (Å²) in [4.78, 5) is 26.2. The van der Waals surface area contributed by atoms with Crippen molar-refractivity contribution in [3.8, 4) is 0 Å². The molecule has 0 aromatic heterocycles. The number of anilines is 1. The Morgan fingerprint density at radius 3 is 2.50 bits per heavy atom. The zero-order valence-electron chi connectivity index (χ0n) is 10.9. The van der Waals surface area contributed by atoms with E-state index in [1.807, 2.05) is 0 Å². The van der Waals surface area contributed by atoms with E-state index in [0.717, 1.165) is 6.07 Å². The summed E-state index contributed by atoms with van der Waals surface area (Å²) in [5, 5.41) is 8.71. The van der Waals surface area contributed by atoms with Crippen molar-refractivity contribution in [3.05, 3.63) is 29.6 Å². The molecular formula is C13H16FN3O3. The molecule has 0 atom stereocenters. The van der Waals surface area contributed by atoms with Crippen LogP contribution in [-0.2, 0) is 4.79 Å². The van der Waals surface area contributed by atoms with Crippen LogP contribution in [0.1, 0.15) is 10.4 Å². The van der Waals surface area contributed by atoms with Crippen molar-refractivity contribution in [2.75, 3.05) is 38.5 Å².